The number of likely N-dealkylation sites (tertiary alicyclic amines) is 1. The SMILES string of the molecule is Cc1ccc(Cn2c(C(=O)NCC[NH+]3CCCC3)cc3ccsc32)cc1. The van der Waals surface area contributed by atoms with Gasteiger partial charge in [-0.05, 0) is 30.0 Å². The molecule has 0 aliphatic carbocycles. The predicted octanol–water partition coefficient (Wildman–Crippen LogP) is 2.47. The summed E-state index contributed by atoms with van der Waals surface area (Å²) in [4.78, 5) is 15.6. The number of nitrogens with one attached hydrogen (secondary N) is 2. The van der Waals surface area contributed by atoms with Gasteiger partial charge in [-0.25, -0.2) is 0 Å². The molecular formula is C21H26N3OS+. The average molecular weight is 369 g/mol. The number of thiophene rings is 1. The van der Waals surface area contributed by atoms with Crippen LogP contribution in [-0.2, 0) is 6.54 Å². The van der Waals surface area contributed by atoms with Crippen molar-refractivity contribution in [2.24, 2.45) is 0 Å². The lowest BCUT2D eigenvalue weighted by molar-refractivity contribution is -0.886. The van der Waals surface area contributed by atoms with Crippen molar-refractivity contribution in [1.29, 1.82) is 0 Å². The van der Waals surface area contributed by atoms with E-state index in [2.05, 4.69) is 52.5 Å². The minimum absolute atomic E-state index is 0.0408. The highest BCUT2D eigenvalue weighted by Gasteiger charge is 2.18. The van der Waals surface area contributed by atoms with E-state index in [9.17, 15) is 4.79 Å². The van der Waals surface area contributed by atoms with E-state index in [1.807, 2.05) is 6.07 Å². The normalized spacial score (nSPS) is 15.0. The Balaban J connectivity index is 1.51. The number of aromatic nitrogens is 1. The van der Waals surface area contributed by atoms with E-state index in [0.29, 0.717) is 0 Å². The molecule has 0 radical (unpaired) electrons. The van der Waals surface area contributed by atoms with Crippen molar-refractivity contribution < 1.29 is 9.69 Å². The highest BCUT2D eigenvalue weighted by atomic mass is 32.1. The summed E-state index contributed by atoms with van der Waals surface area (Å²) in [5, 5.41) is 6.38. The van der Waals surface area contributed by atoms with Crippen molar-refractivity contribution in [3.63, 3.8) is 0 Å². The molecule has 0 unspecified atom stereocenters. The third-order valence-corrected chi connectivity index (χ3v) is 6.22. The zero-order valence-corrected chi connectivity index (χ0v) is 16.1. The maximum atomic E-state index is 12.8. The van der Waals surface area contributed by atoms with Crippen LogP contribution in [0.1, 0.15) is 34.5 Å². The zero-order valence-electron chi connectivity index (χ0n) is 15.3. The van der Waals surface area contributed by atoms with Crippen LogP contribution < -0.4 is 10.2 Å². The van der Waals surface area contributed by atoms with Crippen LogP contribution in [0.25, 0.3) is 10.2 Å². The van der Waals surface area contributed by atoms with Gasteiger partial charge < -0.3 is 14.8 Å². The number of aryl methyl sites for hydroxylation is 1. The van der Waals surface area contributed by atoms with Crippen molar-refractivity contribution in [2.75, 3.05) is 26.2 Å². The van der Waals surface area contributed by atoms with Gasteiger partial charge in [-0.2, -0.15) is 0 Å². The number of nitrogens with zero attached hydrogens (tertiary/aromatic N) is 1. The molecule has 0 saturated carbocycles. The summed E-state index contributed by atoms with van der Waals surface area (Å²) in [6.45, 7) is 7.09. The number of rotatable bonds is 6. The first kappa shape index (κ1) is 17.3. The van der Waals surface area contributed by atoms with Gasteiger partial charge >= 0.3 is 0 Å². The number of hydrogen-bond acceptors (Lipinski definition) is 2. The molecule has 5 heteroatoms. The maximum Gasteiger partial charge on any atom is 0.268 e. The van der Waals surface area contributed by atoms with Crippen LogP contribution in [0.3, 0.4) is 0 Å². The molecule has 1 fully saturated rings. The fraction of sp³-hybridized carbons (Fsp3) is 0.381. The summed E-state index contributed by atoms with van der Waals surface area (Å²) in [6, 6.07) is 12.7. The summed E-state index contributed by atoms with van der Waals surface area (Å²) in [5.74, 6) is 0.0408. The van der Waals surface area contributed by atoms with Gasteiger partial charge in [-0.15, -0.1) is 11.3 Å². The number of hydrogen-bond donors (Lipinski definition) is 2. The summed E-state index contributed by atoms with van der Waals surface area (Å²) in [5.41, 5.74) is 3.24. The molecule has 1 aromatic carbocycles. The Bertz CT molecular complexity index is 888. The second kappa shape index (κ2) is 7.64. The van der Waals surface area contributed by atoms with Gasteiger partial charge in [0.15, 0.2) is 0 Å². The molecule has 0 spiro atoms. The molecule has 0 bridgehead atoms. The van der Waals surface area contributed by atoms with E-state index in [0.717, 1.165) is 30.7 Å². The van der Waals surface area contributed by atoms with Gasteiger partial charge in [0.2, 0.25) is 0 Å². The largest absolute Gasteiger partial charge is 0.345 e. The molecule has 1 aliphatic rings. The zero-order chi connectivity index (χ0) is 17.9. The minimum atomic E-state index is 0.0408. The number of carbonyl (C=O) groups excluding carboxylic acids is 1. The smallest absolute Gasteiger partial charge is 0.268 e. The Hall–Kier alpha value is -2.11. The number of benzene rings is 1. The highest BCUT2D eigenvalue weighted by molar-refractivity contribution is 7.16. The van der Waals surface area contributed by atoms with Gasteiger partial charge in [-0.1, -0.05) is 29.8 Å². The quantitative estimate of drug-likeness (QED) is 0.689. The average Bonchev–Trinajstić information content (AvgIpc) is 3.35. The van der Waals surface area contributed by atoms with Gasteiger partial charge in [0, 0.05) is 24.8 Å². The van der Waals surface area contributed by atoms with E-state index in [-0.39, 0.29) is 5.91 Å². The second-order valence-corrected chi connectivity index (χ2v) is 8.14. The van der Waals surface area contributed by atoms with E-state index in [1.54, 1.807) is 16.2 Å². The number of fused-ring (bicyclic) bond motifs is 1. The maximum absolute atomic E-state index is 12.8. The van der Waals surface area contributed by atoms with Crippen LogP contribution in [-0.4, -0.2) is 36.7 Å². The molecule has 0 atom stereocenters. The van der Waals surface area contributed by atoms with Crippen molar-refractivity contribution in [1.82, 2.24) is 9.88 Å². The van der Waals surface area contributed by atoms with E-state index < -0.39 is 0 Å². The van der Waals surface area contributed by atoms with Crippen molar-refractivity contribution in [3.8, 4) is 0 Å². The minimum Gasteiger partial charge on any atom is -0.345 e. The highest BCUT2D eigenvalue weighted by Crippen LogP contribution is 2.26. The van der Waals surface area contributed by atoms with Crippen LogP contribution in [0, 0.1) is 6.92 Å². The monoisotopic (exact) mass is 368 g/mol. The van der Waals surface area contributed by atoms with Gasteiger partial charge in [0.05, 0.1) is 26.2 Å². The van der Waals surface area contributed by atoms with Gasteiger partial charge in [0.1, 0.15) is 10.5 Å². The number of carbonyl (C=O) groups is 1. The van der Waals surface area contributed by atoms with Crippen LogP contribution in [0.15, 0.2) is 41.8 Å². The van der Waals surface area contributed by atoms with Gasteiger partial charge in [-0.3, -0.25) is 4.79 Å². The molecule has 3 aromatic rings. The summed E-state index contributed by atoms with van der Waals surface area (Å²) < 4.78 is 2.16. The van der Waals surface area contributed by atoms with Crippen LogP contribution in [0.5, 0.6) is 0 Å². The second-order valence-electron chi connectivity index (χ2n) is 7.25. The molecule has 136 valence electrons. The molecule has 26 heavy (non-hydrogen) atoms. The topological polar surface area (TPSA) is 38.5 Å². The summed E-state index contributed by atoms with van der Waals surface area (Å²) in [7, 11) is 0. The lowest BCUT2D eigenvalue weighted by Gasteiger charge is -2.14. The Kier molecular flexibility index (Phi) is 5.09. The molecule has 2 aromatic heterocycles. The Morgan fingerprint density at radius 2 is 1.96 bits per heavy atom. The fourth-order valence-electron chi connectivity index (χ4n) is 3.76. The molecular weight excluding hydrogens is 342 g/mol. The summed E-state index contributed by atoms with van der Waals surface area (Å²) in [6.07, 6.45) is 2.64. The molecule has 1 aliphatic heterocycles. The molecule has 4 rings (SSSR count). The van der Waals surface area contributed by atoms with Crippen molar-refractivity contribution >= 4 is 27.5 Å². The first-order valence-electron chi connectivity index (χ1n) is 9.45. The lowest BCUT2D eigenvalue weighted by atomic mass is 10.1. The van der Waals surface area contributed by atoms with Crippen LogP contribution >= 0.6 is 11.3 Å². The first-order valence-corrected chi connectivity index (χ1v) is 10.3. The Labute approximate surface area is 158 Å². The van der Waals surface area contributed by atoms with Gasteiger partial charge in [0.25, 0.3) is 5.91 Å². The Morgan fingerprint density at radius 3 is 2.73 bits per heavy atom. The molecule has 1 amide bonds. The molecule has 4 nitrogen and oxygen atoms in total. The first-order chi connectivity index (χ1) is 12.7. The van der Waals surface area contributed by atoms with Crippen molar-refractivity contribution in [2.45, 2.75) is 26.3 Å². The van der Waals surface area contributed by atoms with Crippen LogP contribution in [0.4, 0.5) is 0 Å². The summed E-state index contributed by atoms with van der Waals surface area (Å²) >= 11 is 1.70. The number of quaternary nitrogens is 1. The fourth-order valence-corrected chi connectivity index (χ4v) is 4.66. The third-order valence-electron chi connectivity index (χ3n) is 5.27. The lowest BCUT2D eigenvalue weighted by Crippen LogP contribution is -3.10. The Morgan fingerprint density at radius 1 is 1.19 bits per heavy atom. The molecule has 2 N–H and O–H groups in total. The van der Waals surface area contributed by atoms with E-state index >= 15 is 0 Å². The van der Waals surface area contributed by atoms with Crippen LogP contribution in [0.2, 0.25) is 0 Å². The third kappa shape index (κ3) is 3.69. The predicted molar refractivity (Wildman–Crippen MR) is 107 cm³/mol. The van der Waals surface area contributed by atoms with E-state index in [4.69, 9.17) is 0 Å². The van der Waals surface area contributed by atoms with Crippen molar-refractivity contribution in [3.05, 3.63) is 58.6 Å². The number of amides is 1. The van der Waals surface area contributed by atoms with E-state index in [1.165, 1.54) is 41.9 Å². The molecule has 1 saturated heterocycles. The molecule has 3 heterocycles. The standard InChI is InChI=1S/C21H25N3OS/c1-16-4-6-17(7-5-16)15-24-19(14-18-8-13-26-21(18)24)20(25)22-9-12-23-10-2-3-11-23/h4-8,13-14H,2-3,9-12,15H2,1H3,(H,22,25)/p+1.